The van der Waals surface area contributed by atoms with E-state index < -0.39 is 0 Å². The predicted molar refractivity (Wildman–Crippen MR) is 32.7 cm³/mol. The molecule has 1 aliphatic heterocycles. The molecule has 0 aromatic carbocycles. The molecule has 0 aliphatic carbocycles. The molecular weight excluding hydrogens is 102 g/mol. The third-order valence-corrected chi connectivity index (χ3v) is 1.69. The Kier molecular flexibility index (Phi) is 1.86. The van der Waals surface area contributed by atoms with Crippen molar-refractivity contribution in [2.45, 2.75) is 19.4 Å². The van der Waals surface area contributed by atoms with Crippen molar-refractivity contribution in [3.63, 3.8) is 0 Å². The number of hydrogen-bond donors (Lipinski definition) is 1. The highest BCUT2D eigenvalue weighted by atomic mass is 16.3. The highest BCUT2D eigenvalue weighted by molar-refractivity contribution is 4.86. The van der Waals surface area contributed by atoms with Crippen molar-refractivity contribution in [2.75, 3.05) is 19.7 Å². The van der Waals surface area contributed by atoms with Gasteiger partial charge >= 0.3 is 0 Å². The number of β-amino-alcohol motifs (C(OH)–C–C–N with tert-alkyl or cyclic N) is 1. The minimum Gasteiger partial charge on any atom is -0.395 e. The zero-order chi connectivity index (χ0) is 5.98. The summed E-state index contributed by atoms with van der Waals surface area (Å²) in [5.74, 6) is 0. The average molecular weight is 115 g/mol. The summed E-state index contributed by atoms with van der Waals surface area (Å²) < 4.78 is 0. The topological polar surface area (TPSA) is 23.2 Å². The zero-order valence-electron chi connectivity index (χ0n) is 5.30. The highest BCUT2D eigenvalue weighted by Crippen LogP contribution is 2.18. The van der Waals surface area contributed by atoms with Crippen molar-refractivity contribution < 1.29 is 5.11 Å². The molecule has 1 rings (SSSR count). The van der Waals surface area contributed by atoms with E-state index in [0.717, 1.165) is 12.6 Å². The van der Waals surface area contributed by atoms with Gasteiger partial charge in [0.2, 0.25) is 0 Å². The summed E-state index contributed by atoms with van der Waals surface area (Å²) in [4.78, 5) is 2.28. The van der Waals surface area contributed by atoms with E-state index in [2.05, 4.69) is 11.8 Å². The van der Waals surface area contributed by atoms with Crippen LogP contribution in [0.25, 0.3) is 0 Å². The molecule has 0 amide bonds. The summed E-state index contributed by atoms with van der Waals surface area (Å²) in [5.41, 5.74) is 0. The standard InChI is InChI=1S/C6H13NO/c1-2-6-5-7(6)3-4-8/h6,8H,2-5H2,1H3/t6-,7?/m0/s1. The smallest absolute Gasteiger partial charge is 0.0558 e. The molecule has 2 nitrogen and oxygen atoms in total. The van der Waals surface area contributed by atoms with Gasteiger partial charge in [-0.3, -0.25) is 4.90 Å². The van der Waals surface area contributed by atoms with E-state index in [1.165, 1.54) is 13.0 Å². The van der Waals surface area contributed by atoms with Crippen molar-refractivity contribution in [3.05, 3.63) is 0 Å². The number of rotatable bonds is 3. The SMILES string of the molecule is CC[C@H]1CN1CCO. The van der Waals surface area contributed by atoms with Crippen LogP contribution in [0.1, 0.15) is 13.3 Å². The third-order valence-electron chi connectivity index (χ3n) is 1.69. The lowest BCUT2D eigenvalue weighted by atomic mass is 10.4. The molecule has 1 unspecified atom stereocenters. The van der Waals surface area contributed by atoms with Gasteiger partial charge in [0.15, 0.2) is 0 Å². The summed E-state index contributed by atoms with van der Waals surface area (Å²) in [5, 5.41) is 8.45. The maximum absolute atomic E-state index is 8.45. The molecule has 48 valence electrons. The highest BCUT2D eigenvalue weighted by Gasteiger charge is 2.30. The van der Waals surface area contributed by atoms with Crippen LogP contribution in [0, 0.1) is 0 Å². The molecule has 1 saturated heterocycles. The van der Waals surface area contributed by atoms with Crippen LogP contribution < -0.4 is 0 Å². The Bertz CT molecular complexity index is 74.9. The lowest BCUT2D eigenvalue weighted by Crippen LogP contribution is -2.06. The lowest BCUT2D eigenvalue weighted by Gasteiger charge is -1.95. The molecule has 0 bridgehead atoms. The normalized spacial score (nSPS) is 35.2. The van der Waals surface area contributed by atoms with E-state index in [0.29, 0.717) is 6.61 Å². The Morgan fingerprint density at radius 1 is 1.75 bits per heavy atom. The first-order valence-corrected chi connectivity index (χ1v) is 3.23. The summed E-state index contributed by atoms with van der Waals surface area (Å²) in [6.07, 6.45) is 1.24. The molecule has 0 saturated carbocycles. The van der Waals surface area contributed by atoms with E-state index >= 15 is 0 Å². The second kappa shape index (κ2) is 2.46. The van der Waals surface area contributed by atoms with Crippen LogP contribution >= 0.6 is 0 Å². The fraction of sp³-hybridized carbons (Fsp3) is 1.00. The van der Waals surface area contributed by atoms with Crippen LogP contribution in [0.5, 0.6) is 0 Å². The number of hydrogen-bond acceptors (Lipinski definition) is 2. The Hall–Kier alpha value is -0.0800. The Labute approximate surface area is 50.1 Å². The molecule has 8 heavy (non-hydrogen) atoms. The van der Waals surface area contributed by atoms with Gasteiger partial charge in [0, 0.05) is 19.1 Å². The van der Waals surface area contributed by atoms with Gasteiger partial charge in [-0.1, -0.05) is 6.92 Å². The van der Waals surface area contributed by atoms with E-state index in [1.54, 1.807) is 0 Å². The van der Waals surface area contributed by atoms with E-state index in [1.807, 2.05) is 0 Å². The van der Waals surface area contributed by atoms with Gasteiger partial charge in [-0.15, -0.1) is 0 Å². The molecule has 0 aromatic rings. The van der Waals surface area contributed by atoms with Crippen molar-refractivity contribution in [1.82, 2.24) is 4.90 Å². The molecule has 1 N–H and O–H groups in total. The number of aliphatic hydroxyl groups excluding tert-OH is 1. The summed E-state index contributed by atoms with van der Waals surface area (Å²) >= 11 is 0. The molecule has 1 fully saturated rings. The first-order chi connectivity index (χ1) is 3.88. The minimum absolute atomic E-state index is 0.316. The number of aliphatic hydroxyl groups is 1. The molecule has 0 radical (unpaired) electrons. The Morgan fingerprint density at radius 3 is 2.88 bits per heavy atom. The number of nitrogens with zero attached hydrogens (tertiary/aromatic N) is 1. The van der Waals surface area contributed by atoms with E-state index in [9.17, 15) is 0 Å². The van der Waals surface area contributed by atoms with Crippen LogP contribution in [-0.4, -0.2) is 35.7 Å². The molecule has 0 spiro atoms. The van der Waals surface area contributed by atoms with Crippen LogP contribution in [0.4, 0.5) is 0 Å². The second-order valence-corrected chi connectivity index (χ2v) is 2.28. The fourth-order valence-electron chi connectivity index (χ4n) is 1.01. The van der Waals surface area contributed by atoms with Gasteiger partial charge in [-0.2, -0.15) is 0 Å². The van der Waals surface area contributed by atoms with Gasteiger partial charge in [0.25, 0.3) is 0 Å². The molecule has 1 aliphatic rings. The summed E-state index contributed by atoms with van der Waals surface area (Å²) in [6.45, 7) is 4.58. The van der Waals surface area contributed by atoms with Crippen molar-refractivity contribution >= 4 is 0 Å². The van der Waals surface area contributed by atoms with Gasteiger partial charge in [-0.05, 0) is 6.42 Å². The largest absolute Gasteiger partial charge is 0.395 e. The molecule has 1 heterocycles. The first-order valence-electron chi connectivity index (χ1n) is 3.23. The maximum atomic E-state index is 8.45. The minimum atomic E-state index is 0.316. The van der Waals surface area contributed by atoms with Crippen LogP contribution in [0.3, 0.4) is 0 Å². The summed E-state index contributed by atoms with van der Waals surface area (Å²) in [7, 11) is 0. The predicted octanol–water partition coefficient (Wildman–Crippen LogP) is 0.0729. The van der Waals surface area contributed by atoms with Gasteiger partial charge in [0.05, 0.1) is 6.61 Å². The molecule has 2 atom stereocenters. The quantitative estimate of drug-likeness (QED) is 0.526. The molecule has 0 aromatic heterocycles. The van der Waals surface area contributed by atoms with Crippen LogP contribution in [0.2, 0.25) is 0 Å². The van der Waals surface area contributed by atoms with E-state index in [4.69, 9.17) is 5.11 Å². The first kappa shape index (κ1) is 6.05. The van der Waals surface area contributed by atoms with E-state index in [-0.39, 0.29) is 0 Å². The van der Waals surface area contributed by atoms with Crippen LogP contribution in [-0.2, 0) is 0 Å². The van der Waals surface area contributed by atoms with Crippen molar-refractivity contribution in [3.8, 4) is 0 Å². The van der Waals surface area contributed by atoms with Crippen molar-refractivity contribution in [2.24, 2.45) is 0 Å². The van der Waals surface area contributed by atoms with Gasteiger partial charge in [0.1, 0.15) is 0 Å². The zero-order valence-corrected chi connectivity index (χ0v) is 5.30. The molecular formula is C6H13NO. The van der Waals surface area contributed by atoms with Gasteiger partial charge in [-0.25, -0.2) is 0 Å². The average Bonchev–Trinajstić information content (AvgIpc) is 2.48. The third kappa shape index (κ3) is 1.20. The van der Waals surface area contributed by atoms with Crippen molar-refractivity contribution in [1.29, 1.82) is 0 Å². The van der Waals surface area contributed by atoms with Gasteiger partial charge < -0.3 is 5.11 Å². The van der Waals surface area contributed by atoms with Crippen LogP contribution in [0.15, 0.2) is 0 Å². The Morgan fingerprint density at radius 2 is 2.50 bits per heavy atom. The summed E-state index contributed by atoms with van der Waals surface area (Å²) in [6, 6.07) is 0.794. The monoisotopic (exact) mass is 115 g/mol. The maximum Gasteiger partial charge on any atom is 0.0558 e. The second-order valence-electron chi connectivity index (χ2n) is 2.28. The Balaban J connectivity index is 1.99. The molecule has 2 heteroatoms. The lowest BCUT2D eigenvalue weighted by molar-refractivity contribution is 0.264. The fourth-order valence-corrected chi connectivity index (χ4v) is 1.01.